The molecule has 0 atom stereocenters. The number of urea groups is 1. The Morgan fingerprint density at radius 2 is 1.70 bits per heavy atom. The van der Waals surface area contributed by atoms with Crippen molar-refractivity contribution in [3.05, 3.63) is 58.6 Å². The Hall–Kier alpha value is -3.32. The molecule has 7 nitrogen and oxygen atoms in total. The Labute approximate surface area is 198 Å². The molecule has 8 heteroatoms. The average Bonchev–Trinajstić information content (AvgIpc) is 2.79. The zero-order valence-electron chi connectivity index (χ0n) is 18.7. The van der Waals surface area contributed by atoms with E-state index < -0.39 is 17.8 Å². The Bertz CT molecular complexity index is 1050. The maximum Gasteiger partial charge on any atom is 0.335 e. The number of carbonyl (C=O) groups excluding carboxylic acids is 3. The molecular weight excluding hydrogens is 444 g/mol. The highest BCUT2D eigenvalue weighted by atomic mass is 35.5. The lowest BCUT2D eigenvalue weighted by Gasteiger charge is -2.26. The van der Waals surface area contributed by atoms with Crippen molar-refractivity contribution in [1.29, 1.82) is 0 Å². The molecule has 1 aliphatic heterocycles. The largest absolute Gasteiger partial charge is 0.490 e. The minimum Gasteiger partial charge on any atom is -0.490 e. The van der Waals surface area contributed by atoms with Crippen LogP contribution in [0.4, 0.5) is 10.5 Å². The van der Waals surface area contributed by atoms with Crippen molar-refractivity contribution in [2.24, 2.45) is 0 Å². The van der Waals surface area contributed by atoms with Gasteiger partial charge in [0.2, 0.25) is 0 Å². The number of halogens is 1. The zero-order valence-corrected chi connectivity index (χ0v) is 19.5. The van der Waals surface area contributed by atoms with Crippen molar-refractivity contribution in [3.8, 4) is 11.5 Å². The van der Waals surface area contributed by atoms with Crippen LogP contribution in [0.1, 0.15) is 45.1 Å². The van der Waals surface area contributed by atoms with Gasteiger partial charge >= 0.3 is 6.03 Å². The summed E-state index contributed by atoms with van der Waals surface area (Å²) in [6.07, 6.45) is 5.81. The molecule has 0 radical (unpaired) electrons. The highest BCUT2D eigenvalue weighted by Crippen LogP contribution is 2.30. The number of nitrogens with one attached hydrogen (secondary N) is 1. The van der Waals surface area contributed by atoms with E-state index in [2.05, 4.69) is 12.2 Å². The summed E-state index contributed by atoms with van der Waals surface area (Å²) in [5, 5.41) is 2.67. The van der Waals surface area contributed by atoms with E-state index in [1.54, 1.807) is 30.3 Å². The van der Waals surface area contributed by atoms with Crippen LogP contribution in [0.5, 0.6) is 11.5 Å². The first-order valence-corrected chi connectivity index (χ1v) is 11.4. The molecule has 0 aliphatic carbocycles. The fourth-order valence-corrected chi connectivity index (χ4v) is 3.49. The van der Waals surface area contributed by atoms with Gasteiger partial charge in [0.1, 0.15) is 5.57 Å². The molecule has 0 saturated carbocycles. The standard InChI is InChI=1S/C25H27ClN2O5/c1-3-5-6-7-14-33-21-13-8-17(16-22(21)32-4-2)15-20-23(29)27-25(31)28(24(20)30)19-11-9-18(26)10-12-19/h8-13,15-16H,3-7,14H2,1-2H3,(H,27,29,31)/b20-15-. The first kappa shape index (κ1) is 24.3. The number of hydrogen-bond donors (Lipinski definition) is 1. The van der Waals surface area contributed by atoms with Crippen molar-refractivity contribution in [3.63, 3.8) is 0 Å². The Kier molecular flexibility index (Phi) is 8.49. The number of benzene rings is 2. The minimum atomic E-state index is -0.814. The third-order valence-corrected chi connectivity index (χ3v) is 5.27. The predicted octanol–water partition coefficient (Wildman–Crippen LogP) is 5.36. The number of barbiturate groups is 1. The number of nitrogens with zero attached hydrogens (tertiary/aromatic N) is 1. The fraction of sp³-hybridized carbons (Fsp3) is 0.320. The second kappa shape index (κ2) is 11.5. The summed E-state index contributed by atoms with van der Waals surface area (Å²) in [7, 11) is 0. The number of imide groups is 2. The summed E-state index contributed by atoms with van der Waals surface area (Å²) in [6.45, 7) is 5.04. The molecule has 1 N–H and O–H groups in total. The maximum atomic E-state index is 13.0. The van der Waals surface area contributed by atoms with E-state index in [1.807, 2.05) is 6.92 Å². The van der Waals surface area contributed by atoms with Crippen molar-refractivity contribution >= 4 is 41.2 Å². The van der Waals surface area contributed by atoms with Crippen LogP contribution in [0, 0.1) is 0 Å². The highest BCUT2D eigenvalue weighted by Gasteiger charge is 2.36. The minimum absolute atomic E-state index is 0.166. The molecule has 3 rings (SSSR count). The normalized spacial score (nSPS) is 15.1. The van der Waals surface area contributed by atoms with Crippen molar-refractivity contribution in [1.82, 2.24) is 5.32 Å². The van der Waals surface area contributed by atoms with Crippen LogP contribution in [0.25, 0.3) is 6.08 Å². The van der Waals surface area contributed by atoms with E-state index in [9.17, 15) is 14.4 Å². The fourth-order valence-electron chi connectivity index (χ4n) is 3.36. The molecule has 0 unspecified atom stereocenters. The third kappa shape index (κ3) is 6.14. The molecule has 1 saturated heterocycles. The van der Waals surface area contributed by atoms with Gasteiger partial charge in [0.25, 0.3) is 11.8 Å². The SMILES string of the molecule is CCCCCCOc1ccc(/C=C2/C(=O)NC(=O)N(c3ccc(Cl)cc3)C2=O)cc1OCC. The summed E-state index contributed by atoms with van der Waals surface area (Å²) < 4.78 is 11.6. The molecule has 0 aromatic heterocycles. The van der Waals surface area contributed by atoms with E-state index in [-0.39, 0.29) is 5.57 Å². The molecule has 0 bridgehead atoms. The summed E-state index contributed by atoms with van der Waals surface area (Å²) in [5.41, 5.74) is 0.711. The lowest BCUT2D eigenvalue weighted by molar-refractivity contribution is -0.122. The summed E-state index contributed by atoms with van der Waals surface area (Å²) >= 11 is 5.90. The van der Waals surface area contributed by atoms with Gasteiger partial charge in [0, 0.05) is 5.02 Å². The van der Waals surface area contributed by atoms with Crippen LogP contribution < -0.4 is 19.7 Å². The second-order valence-corrected chi connectivity index (χ2v) is 7.92. The Morgan fingerprint density at radius 3 is 2.39 bits per heavy atom. The van der Waals surface area contributed by atoms with Gasteiger partial charge in [-0.2, -0.15) is 0 Å². The molecule has 2 aromatic rings. The Balaban J connectivity index is 1.84. The van der Waals surface area contributed by atoms with E-state index >= 15 is 0 Å². The molecule has 4 amide bonds. The van der Waals surface area contributed by atoms with Gasteiger partial charge in [0.15, 0.2) is 11.5 Å². The third-order valence-electron chi connectivity index (χ3n) is 5.02. The predicted molar refractivity (Wildman–Crippen MR) is 128 cm³/mol. The summed E-state index contributed by atoms with van der Waals surface area (Å²) in [6, 6.07) is 10.6. The van der Waals surface area contributed by atoms with E-state index in [1.165, 1.54) is 24.6 Å². The maximum absolute atomic E-state index is 13.0. The van der Waals surface area contributed by atoms with Gasteiger partial charge in [-0.15, -0.1) is 0 Å². The second-order valence-electron chi connectivity index (χ2n) is 7.48. The number of rotatable bonds is 10. The number of unbranched alkanes of at least 4 members (excludes halogenated alkanes) is 3. The van der Waals surface area contributed by atoms with Crippen molar-refractivity contribution in [2.45, 2.75) is 39.5 Å². The monoisotopic (exact) mass is 470 g/mol. The zero-order chi connectivity index (χ0) is 23.8. The van der Waals surface area contributed by atoms with Gasteiger partial charge in [-0.25, -0.2) is 9.69 Å². The number of ether oxygens (including phenoxy) is 2. The summed E-state index contributed by atoms with van der Waals surface area (Å²) in [4.78, 5) is 38.7. The van der Waals surface area contributed by atoms with Gasteiger partial charge in [-0.05, 0) is 61.4 Å². The summed E-state index contributed by atoms with van der Waals surface area (Å²) in [5.74, 6) is -0.353. The van der Waals surface area contributed by atoms with Crippen LogP contribution >= 0.6 is 11.6 Å². The molecular formula is C25H27ClN2O5. The Morgan fingerprint density at radius 1 is 0.939 bits per heavy atom. The quantitative estimate of drug-likeness (QED) is 0.287. The van der Waals surface area contributed by atoms with Gasteiger partial charge in [-0.3, -0.25) is 14.9 Å². The molecule has 33 heavy (non-hydrogen) atoms. The topological polar surface area (TPSA) is 84.9 Å². The van der Waals surface area contributed by atoms with Gasteiger partial charge in [0.05, 0.1) is 18.9 Å². The number of carbonyl (C=O) groups is 3. The molecule has 174 valence electrons. The van der Waals surface area contributed by atoms with E-state index in [0.717, 1.165) is 24.2 Å². The lowest BCUT2D eigenvalue weighted by atomic mass is 10.1. The van der Waals surface area contributed by atoms with Crippen molar-refractivity contribution in [2.75, 3.05) is 18.1 Å². The molecule has 1 aliphatic rings. The van der Waals surface area contributed by atoms with Crippen LogP contribution in [0.15, 0.2) is 48.0 Å². The van der Waals surface area contributed by atoms with Crippen LogP contribution in [-0.4, -0.2) is 31.1 Å². The first-order valence-electron chi connectivity index (χ1n) is 11.0. The van der Waals surface area contributed by atoms with Crippen LogP contribution in [-0.2, 0) is 9.59 Å². The molecule has 1 heterocycles. The molecule has 1 fully saturated rings. The smallest absolute Gasteiger partial charge is 0.335 e. The number of amides is 4. The number of hydrogen-bond acceptors (Lipinski definition) is 5. The number of anilines is 1. The lowest BCUT2D eigenvalue weighted by Crippen LogP contribution is -2.54. The van der Waals surface area contributed by atoms with Gasteiger partial charge in [-0.1, -0.05) is 43.9 Å². The van der Waals surface area contributed by atoms with Gasteiger partial charge < -0.3 is 9.47 Å². The van der Waals surface area contributed by atoms with E-state index in [4.69, 9.17) is 21.1 Å². The molecule has 2 aromatic carbocycles. The van der Waals surface area contributed by atoms with E-state index in [0.29, 0.717) is 41.0 Å². The molecule has 0 spiro atoms. The van der Waals surface area contributed by atoms with Crippen molar-refractivity contribution < 1.29 is 23.9 Å². The highest BCUT2D eigenvalue weighted by molar-refractivity contribution is 6.39. The van der Waals surface area contributed by atoms with Crippen LogP contribution in [0.2, 0.25) is 5.02 Å². The van der Waals surface area contributed by atoms with Crippen LogP contribution in [0.3, 0.4) is 0 Å². The average molecular weight is 471 g/mol. The first-order chi connectivity index (χ1) is 15.9.